The van der Waals surface area contributed by atoms with Gasteiger partial charge in [0.25, 0.3) is 0 Å². The Morgan fingerprint density at radius 1 is 1.09 bits per heavy atom. The van der Waals surface area contributed by atoms with Crippen molar-refractivity contribution in [2.24, 2.45) is 5.92 Å². The minimum atomic E-state index is 0.576. The number of rotatable bonds is 4. The lowest BCUT2D eigenvalue weighted by atomic mass is 10.0. The molecular weight excluding hydrogens is 288 g/mol. The molecule has 0 radical (unpaired) electrons. The van der Waals surface area contributed by atoms with Crippen LogP contribution < -0.4 is 10.6 Å². The van der Waals surface area contributed by atoms with E-state index in [0.29, 0.717) is 11.8 Å². The first kappa shape index (κ1) is 15.3. The second-order valence-corrected chi connectivity index (χ2v) is 7.20. The Balaban J connectivity index is 1.59. The van der Waals surface area contributed by atoms with E-state index in [1.54, 1.807) is 0 Å². The zero-order chi connectivity index (χ0) is 15.5. The van der Waals surface area contributed by atoms with Gasteiger partial charge in [0, 0.05) is 43.5 Å². The van der Waals surface area contributed by atoms with Crippen LogP contribution in [0.15, 0.2) is 0 Å². The number of ether oxygens (including phenoxy) is 1. The molecule has 2 N–H and O–H groups in total. The molecule has 1 unspecified atom stereocenters. The van der Waals surface area contributed by atoms with E-state index in [9.17, 15) is 0 Å². The number of hydrogen-bond donors (Lipinski definition) is 2. The summed E-state index contributed by atoms with van der Waals surface area (Å²) in [5.74, 6) is 3.40. The van der Waals surface area contributed by atoms with E-state index in [-0.39, 0.29) is 0 Å². The van der Waals surface area contributed by atoms with Gasteiger partial charge in [-0.15, -0.1) is 0 Å². The third kappa shape index (κ3) is 3.50. The van der Waals surface area contributed by atoms with E-state index < -0.39 is 0 Å². The van der Waals surface area contributed by atoms with Crippen LogP contribution in [0.5, 0.6) is 0 Å². The van der Waals surface area contributed by atoms with Crippen LogP contribution in [-0.2, 0) is 17.6 Å². The largest absolute Gasteiger partial charge is 0.381 e. The molecule has 3 aliphatic rings. The third-order valence-electron chi connectivity index (χ3n) is 5.50. The predicted octanol–water partition coefficient (Wildman–Crippen LogP) is 2.27. The Kier molecular flexibility index (Phi) is 4.76. The Hall–Kier alpha value is -1.20. The summed E-state index contributed by atoms with van der Waals surface area (Å²) in [6.07, 6.45) is 8.39. The highest BCUT2D eigenvalue weighted by atomic mass is 16.5. The van der Waals surface area contributed by atoms with E-state index in [0.717, 1.165) is 63.8 Å². The molecular formula is C18H28N4O. The van der Waals surface area contributed by atoms with Gasteiger partial charge in [0.05, 0.1) is 12.3 Å². The molecule has 3 heterocycles. The number of aromatic nitrogens is 2. The van der Waals surface area contributed by atoms with Crippen molar-refractivity contribution in [3.05, 3.63) is 17.1 Å². The first-order valence-corrected chi connectivity index (χ1v) is 9.32. The highest BCUT2D eigenvalue weighted by molar-refractivity contribution is 5.48. The summed E-state index contributed by atoms with van der Waals surface area (Å²) in [7, 11) is 0. The molecule has 0 amide bonds. The van der Waals surface area contributed by atoms with Gasteiger partial charge in [-0.25, -0.2) is 9.97 Å². The zero-order valence-electron chi connectivity index (χ0n) is 13.9. The Morgan fingerprint density at radius 2 is 1.96 bits per heavy atom. The molecule has 4 rings (SSSR count). The predicted molar refractivity (Wildman–Crippen MR) is 90.9 cm³/mol. The van der Waals surface area contributed by atoms with Crippen LogP contribution in [0.3, 0.4) is 0 Å². The molecule has 0 spiro atoms. The molecule has 2 fully saturated rings. The summed E-state index contributed by atoms with van der Waals surface area (Å²) in [5, 5.41) is 7.14. The number of nitrogens with one attached hydrogen (secondary N) is 2. The molecule has 5 nitrogen and oxygen atoms in total. The lowest BCUT2D eigenvalue weighted by Gasteiger charge is -2.18. The average molecular weight is 316 g/mol. The lowest BCUT2D eigenvalue weighted by Crippen LogP contribution is -2.19. The van der Waals surface area contributed by atoms with Crippen molar-refractivity contribution < 1.29 is 4.74 Å². The van der Waals surface area contributed by atoms with Gasteiger partial charge >= 0.3 is 0 Å². The molecule has 1 saturated heterocycles. The van der Waals surface area contributed by atoms with Crippen LogP contribution in [0.25, 0.3) is 0 Å². The van der Waals surface area contributed by atoms with Gasteiger partial charge in [0.2, 0.25) is 0 Å². The van der Waals surface area contributed by atoms with Gasteiger partial charge in [0.1, 0.15) is 11.6 Å². The van der Waals surface area contributed by atoms with Gasteiger partial charge in [-0.1, -0.05) is 12.8 Å². The van der Waals surface area contributed by atoms with Gasteiger partial charge in [-0.3, -0.25) is 0 Å². The maximum absolute atomic E-state index is 5.50. The van der Waals surface area contributed by atoms with Crippen LogP contribution in [0.2, 0.25) is 0 Å². The van der Waals surface area contributed by atoms with Crippen molar-refractivity contribution in [2.75, 3.05) is 38.2 Å². The first-order chi connectivity index (χ1) is 11.4. The molecule has 1 saturated carbocycles. The first-order valence-electron chi connectivity index (χ1n) is 9.32. The minimum absolute atomic E-state index is 0.576. The summed E-state index contributed by atoms with van der Waals surface area (Å²) < 4.78 is 5.50. The van der Waals surface area contributed by atoms with Gasteiger partial charge in [-0.05, 0) is 32.2 Å². The Bertz CT molecular complexity index is 536. The SMILES string of the molecule is C1CCC(c2nc3c(c(NCC4CCOC4)n2)CCNCC3)C1. The average Bonchev–Trinajstić information content (AvgIpc) is 3.23. The number of nitrogens with zero attached hydrogens (tertiary/aromatic N) is 2. The van der Waals surface area contributed by atoms with E-state index in [1.165, 1.54) is 36.9 Å². The minimum Gasteiger partial charge on any atom is -0.381 e. The molecule has 23 heavy (non-hydrogen) atoms. The molecule has 1 aliphatic carbocycles. The van der Waals surface area contributed by atoms with E-state index in [4.69, 9.17) is 14.7 Å². The van der Waals surface area contributed by atoms with E-state index >= 15 is 0 Å². The maximum atomic E-state index is 5.50. The van der Waals surface area contributed by atoms with Crippen molar-refractivity contribution in [1.29, 1.82) is 0 Å². The van der Waals surface area contributed by atoms with Crippen molar-refractivity contribution in [1.82, 2.24) is 15.3 Å². The number of fused-ring (bicyclic) bond motifs is 1. The molecule has 126 valence electrons. The monoisotopic (exact) mass is 316 g/mol. The molecule has 0 bridgehead atoms. The van der Waals surface area contributed by atoms with Crippen molar-refractivity contribution in [2.45, 2.75) is 50.9 Å². The molecule has 1 aromatic heterocycles. The van der Waals surface area contributed by atoms with Gasteiger partial charge in [0.15, 0.2) is 0 Å². The second-order valence-electron chi connectivity index (χ2n) is 7.20. The summed E-state index contributed by atoms with van der Waals surface area (Å²) >= 11 is 0. The van der Waals surface area contributed by atoms with Crippen molar-refractivity contribution in [3.63, 3.8) is 0 Å². The highest BCUT2D eigenvalue weighted by Gasteiger charge is 2.24. The topological polar surface area (TPSA) is 59.1 Å². The maximum Gasteiger partial charge on any atom is 0.134 e. The third-order valence-corrected chi connectivity index (χ3v) is 5.50. The molecule has 5 heteroatoms. The molecule has 1 aromatic rings. The normalized spacial score (nSPS) is 25.3. The van der Waals surface area contributed by atoms with Gasteiger partial charge < -0.3 is 15.4 Å². The van der Waals surface area contributed by atoms with Crippen molar-refractivity contribution >= 4 is 5.82 Å². The summed E-state index contributed by atoms with van der Waals surface area (Å²) in [5.41, 5.74) is 2.62. The number of anilines is 1. The van der Waals surface area contributed by atoms with E-state index in [2.05, 4.69) is 10.6 Å². The van der Waals surface area contributed by atoms with Crippen LogP contribution in [-0.4, -0.2) is 42.8 Å². The fraction of sp³-hybridized carbons (Fsp3) is 0.778. The number of hydrogen-bond acceptors (Lipinski definition) is 5. The molecule has 0 aromatic carbocycles. The molecule has 2 aliphatic heterocycles. The van der Waals surface area contributed by atoms with Crippen LogP contribution in [0.4, 0.5) is 5.82 Å². The van der Waals surface area contributed by atoms with Crippen LogP contribution in [0, 0.1) is 5.92 Å². The second kappa shape index (κ2) is 7.14. The standard InChI is InChI=1S/C18H28N4O/c1-2-4-14(3-1)17-21-16-6-9-19-8-5-15(16)18(22-17)20-11-13-7-10-23-12-13/h13-14,19H,1-12H2,(H,20,21,22). The van der Waals surface area contributed by atoms with Gasteiger partial charge in [-0.2, -0.15) is 0 Å². The summed E-state index contributed by atoms with van der Waals surface area (Å²) in [6, 6.07) is 0. The Morgan fingerprint density at radius 3 is 2.78 bits per heavy atom. The summed E-state index contributed by atoms with van der Waals surface area (Å²) in [4.78, 5) is 9.96. The quantitative estimate of drug-likeness (QED) is 0.892. The molecule has 1 atom stereocenters. The summed E-state index contributed by atoms with van der Waals surface area (Å²) in [6.45, 7) is 4.83. The van der Waals surface area contributed by atoms with Crippen LogP contribution >= 0.6 is 0 Å². The zero-order valence-corrected chi connectivity index (χ0v) is 13.9. The Labute approximate surface area is 138 Å². The lowest BCUT2D eigenvalue weighted by molar-refractivity contribution is 0.187. The fourth-order valence-corrected chi connectivity index (χ4v) is 4.06. The highest BCUT2D eigenvalue weighted by Crippen LogP contribution is 2.34. The van der Waals surface area contributed by atoms with Crippen LogP contribution in [0.1, 0.15) is 55.1 Å². The van der Waals surface area contributed by atoms with Crippen molar-refractivity contribution in [3.8, 4) is 0 Å². The fourth-order valence-electron chi connectivity index (χ4n) is 4.06. The van der Waals surface area contributed by atoms with E-state index in [1.807, 2.05) is 0 Å². The smallest absolute Gasteiger partial charge is 0.134 e.